The van der Waals surface area contributed by atoms with E-state index in [2.05, 4.69) is 10.2 Å². The SMILES string of the molecule is CC(O)C(=O)NC(CC(=O)OC1=CC[C@@]2(O)[C@H]3Cc4ccc(O)c5c4[C@@]2(CCN3C)[C@H]1O5)C(=O)O.O=C(O)C(F)(F)F. The molecule has 0 saturated carbocycles. The molecule has 2 heterocycles. The van der Waals surface area contributed by atoms with E-state index in [9.17, 15) is 48.0 Å². The molecule has 0 radical (unpaired) electrons. The van der Waals surface area contributed by atoms with Gasteiger partial charge in [-0.25, -0.2) is 9.59 Å². The number of aliphatic hydroxyl groups is 2. The van der Waals surface area contributed by atoms with Crippen LogP contribution in [0.4, 0.5) is 13.2 Å². The minimum atomic E-state index is -5.08. The highest BCUT2D eigenvalue weighted by atomic mass is 19.4. The number of aromatic hydroxyl groups is 1. The van der Waals surface area contributed by atoms with Crippen molar-refractivity contribution in [3.8, 4) is 11.5 Å². The first kappa shape index (κ1) is 31.1. The molecule has 5 rings (SSSR count). The summed E-state index contributed by atoms with van der Waals surface area (Å²) >= 11 is 0. The average molecular weight is 603 g/mol. The van der Waals surface area contributed by atoms with Crippen molar-refractivity contribution >= 4 is 23.8 Å². The van der Waals surface area contributed by atoms with Crippen molar-refractivity contribution in [2.45, 2.75) is 74.1 Å². The average Bonchev–Trinajstić information content (AvgIpc) is 3.24. The number of benzene rings is 1. The summed E-state index contributed by atoms with van der Waals surface area (Å²) in [5, 5.41) is 50.6. The number of carbonyl (C=O) groups is 4. The fourth-order valence-corrected chi connectivity index (χ4v) is 6.27. The Bertz CT molecular complexity index is 1350. The zero-order valence-electron chi connectivity index (χ0n) is 22.3. The predicted molar refractivity (Wildman–Crippen MR) is 132 cm³/mol. The van der Waals surface area contributed by atoms with Crippen LogP contribution in [-0.4, -0.2) is 104 Å². The smallest absolute Gasteiger partial charge is 0.490 e. The van der Waals surface area contributed by atoms with Crippen molar-refractivity contribution in [2.24, 2.45) is 0 Å². The maximum atomic E-state index is 12.8. The Balaban J connectivity index is 0.000000517. The molecular weight excluding hydrogens is 573 g/mol. The van der Waals surface area contributed by atoms with Crippen LogP contribution >= 0.6 is 0 Å². The Morgan fingerprint density at radius 1 is 1.24 bits per heavy atom. The quantitative estimate of drug-likeness (QED) is 0.242. The van der Waals surface area contributed by atoms with Gasteiger partial charge in [0.2, 0.25) is 5.91 Å². The fourth-order valence-electron chi connectivity index (χ4n) is 6.27. The third kappa shape index (κ3) is 5.03. The first-order valence-corrected chi connectivity index (χ1v) is 12.8. The minimum absolute atomic E-state index is 0.0651. The topological polar surface area (TPSA) is 203 Å². The number of halogens is 3. The maximum absolute atomic E-state index is 12.8. The predicted octanol–water partition coefficient (Wildman–Crippen LogP) is 0.187. The summed E-state index contributed by atoms with van der Waals surface area (Å²) in [4.78, 5) is 47.0. The zero-order chi connectivity index (χ0) is 31.4. The number of phenolic OH excluding ortho intramolecular Hbond substituents is 1. The molecule has 1 amide bonds. The van der Waals surface area contributed by atoms with E-state index >= 15 is 0 Å². The molecule has 2 bridgehead atoms. The molecule has 6 atom stereocenters. The van der Waals surface area contributed by atoms with Gasteiger partial charge in [0.15, 0.2) is 17.6 Å². The van der Waals surface area contributed by atoms with Gasteiger partial charge < -0.3 is 45.2 Å². The largest absolute Gasteiger partial charge is 0.504 e. The number of esters is 1. The maximum Gasteiger partial charge on any atom is 0.490 e. The number of amides is 1. The Kier molecular flexibility index (Phi) is 7.94. The van der Waals surface area contributed by atoms with Crippen LogP contribution in [0, 0.1) is 0 Å². The highest BCUT2D eigenvalue weighted by Gasteiger charge is 2.72. The third-order valence-corrected chi connectivity index (χ3v) is 8.19. The van der Waals surface area contributed by atoms with Gasteiger partial charge in [-0.3, -0.25) is 9.59 Å². The third-order valence-electron chi connectivity index (χ3n) is 8.19. The number of nitrogens with one attached hydrogen (secondary N) is 1. The molecule has 13 nitrogen and oxygen atoms in total. The summed E-state index contributed by atoms with van der Waals surface area (Å²) in [5.41, 5.74) is -0.464. The van der Waals surface area contributed by atoms with Gasteiger partial charge >= 0.3 is 24.1 Å². The second kappa shape index (κ2) is 10.7. The van der Waals surface area contributed by atoms with Crippen LogP contribution in [0.3, 0.4) is 0 Å². The Labute approximate surface area is 236 Å². The Hall–Kier alpha value is -3.89. The van der Waals surface area contributed by atoms with E-state index in [1.807, 2.05) is 13.1 Å². The molecule has 1 saturated heterocycles. The molecule has 2 aliphatic heterocycles. The van der Waals surface area contributed by atoms with Gasteiger partial charge in [-0.2, -0.15) is 13.2 Å². The van der Waals surface area contributed by atoms with Crippen LogP contribution in [0.2, 0.25) is 0 Å². The van der Waals surface area contributed by atoms with E-state index in [1.54, 1.807) is 12.1 Å². The van der Waals surface area contributed by atoms with E-state index in [0.717, 1.165) is 11.1 Å². The number of nitrogens with zero attached hydrogens (tertiary/aromatic N) is 1. The summed E-state index contributed by atoms with van der Waals surface area (Å²) in [7, 11) is 1.96. The summed E-state index contributed by atoms with van der Waals surface area (Å²) in [6.45, 7) is 1.84. The number of hydrogen-bond donors (Lipinski definition) is 6. The number of hydrogen-bond acceptors (Lipinski definition) is 10. The molecule has 16 heteroatoms. The summed E-state index contributed by atoms with van der Waals surface area (Å²) < 4.78 is 43.5. The summed E-state index contributed by atoms with van der Waals surface area (Å²) in [6.07, 6.45) is -5.24. The molecule has 1 aromatic carbocycles. The van der Waals surface area contributed by atoms with E-state index < -0.39 is 65.7 Å². The molecule has 4 aliphatic rings. The second-order valence-electron chi connectivity index (χ2n) is 10.7. The number of carbonyl (C=O) groups excluding carboxylic acids is 2. The van der Waals surface area contributed by atoms with Crippen molar-refractivity contribution in [3.63, 3.8) is 0 Å². The highest BCUT2D eigenvalue weighted by Crippen LogP contribution is 2.65. The number of rotatable bonds is 6. The van der Waals surface area contributed by atoms with Crippen LogP contribution in [0.1, 0.15) is 37.3 Å². The number of carboxylic acid groups (broad SMARTS) is 2. The molecule has 1 aromatic rings. The minimum Gasteiger partial charge on any atom is -0.504 e. The number of phenols is 1. The lowest BCUT2D eigenvalue weighted by Gasteiger charge is -2.61. The van der Waals surface area contributed by atoms with E-state index in [0.29, 0.717) is 19.4 Å². The Morgan fingerprint density at radius 3 is 2.45 bits per heavy atom. The van der Waals surface area contributed by atoms with Gasteiger partial charge in [-0.1, -0.05) is 6.07 Å². The van der Waals surface area contributed by atoms with E-state index in [1.165, 1.54) is 6.92 Å². The molecule has 0 aromatic heterocycles. The van der Waals surface area contributed by atoms with Gasteiger partial charge in [-0.05, 0) is 51.1 Å². The molecule has 1 spiro atoms. The lowest BCUT2D eigenvalue weighted by atomic mass is 9.50. The lowest BCUT2D eigenvalue weighted by Crippen LogP contribution is -2.74. The van der Waals surface area contributed by atoms with Gasteiger partial charge in [0.25, 0.3) is 0 Å². The number of likely N-dealkylation sites (tertiary alicyclic amines) is 1. The summed E-state index contributed by atoms with van der Waals surface area (Å²) in [5.74, 6) is -5.71. The number of alkyl halides is 3. The van der Waals surface area contributed by atoms with Crippen LogP contribution < -0.4 is 10.1 Å². The normalized spacial score (nSPS) is 28.5. The molecule has 42 heavy (non-hydrogen) atoms. The number of likely N-dealkylation sites (N-methyl/N-ethyl adjacent to an activating group) is 1. The van der Waals surface area contributed by atoms with Crippen molar-refractivity contribution < 1.29 is 67.4 Å². The van der Waals surface area contributed by atoms with Crippen LogP contribution in [0.25, 0.3) is 0 Å². The standard InChI is InChI=1S/C24H28N2O9.C2HF3O2/c1-11(27)21(30)25-13(22(31)32)10-17(29)34-15-5-6-24(33)16-9-12-3-4-14(28)19-18(12)23(24,20(15)35-19)7-8-26(16)2;3-2(4,5)1(6)7/h3-5,11,13,16,20,27-28,33H,6-10H2,1-2H3,(H,25,30)(H,31,32);(H,6,7)/t11?,13?,16-,20+,23+,24-;/m1./s1. The van der Waals surface area contributed by atoms with E-state index in [-0.39, 0.29) is 29.7 Å². The number of piperidine rings is 1. The monoisotopic (exact) mass is 602 g/mol. The van der Waals surface area contributed by atoms with Gasteiger partial charge in [0, 0.05) is 18.0 Å². The first-order valence-electron chi connectivity index (χ1n) is 12.8. The van der Waals surface area contributed by atoms with Crippen molar-refractivity contribution in [2.75, 3.05) is 13.6 Å². The van der Waals surface area contributed by atoms with Gasteiger partial charge in [0.05, 0.1) is 17.4 Å². The lowest BCUT2D eigenvalue weighted by molar-refractivity contribution is -0.192. The second-order valence-corrected chi connectivity index (χ2v) is 10.7. The molecular formula is C26H29F3N2O11. The van der Waals surface area contributed by atoms with Crippen molar-refractivity contribution in [1.29, 1.82) is 0 Å². The highest BCUT2D eigenvalue weighted by molar-refractivity contribution is 5.89. The van der Waals surface area contributed by atoms with Gasteiger partial charge in [-0.15, -0.1) is 0 Å². The molecule has 6 N–H and O–H groups in total. The van der Waals surface area contributed by atoms with E-state index in [4.69, 9.17) is 19.4 Å². The van der Waals surface area contributed by atoms with Crippen LogP contribution in [0.5, 0.6) is 11.5 Å². The van der Waals surface area contributed by atoms with Crippen molar-refractivity contribution in [1.82, 2.24) is 10.2 Å². The first-order chi connectivity index (χ1) is 19.4. The number of aliphatic carboxylic acids is 2. The summed E-state index contributed by atoms with van der Waals surface area (Å²) in [6, 6.07) is 1.59. The zero-order valence-corrected chi connectivity index (χ0v) is 22.3. The molecule has 1 fully saturated rings. The van der Waals surface area contributed by atoms with Crippen molar-refractivity contribution in [3.05, 3.63) is 35.1 Å². The molecule has 230 valence electrons. The van der Waals surface area contributed by atoms with Crippen LogP contribution in [-0.2, 0) is 35.8 Å². The number of carboxylic acids is 2. The molecule has 2 unspecified atom stereocenters. The molecule has 2 aliphatic carbocycles. The van der Waals surface area contributed by atoms with Gasteiger partial charge in [0.1, 0.15) is 17.9 Å². The fraction of sp³-hybridized carbons (Fsp3) is 0.538. The van der Waals surface area contributed by atoms with Crippen LogP contribution in [0.15, 0.2) is 24.0 Å². The Morgan fingerprint density at radius 2 is 1.88 bits per heavy atom. The number of aliphatic hydroxyl groups excluding tert-OH is 1. The number of ether oxygens (including phenoxy) is 2.